The first kappa shape index (κ1) is 22.2. The van der Waals surface area contributed by atoms with Crippen molar-refractivity contribution in [3.63, 3.8) is 0 Å². The molecule has 0 N–H and O–H groups in total. The maximum absolute atomic E-state index is 12.7. The van der Waals surface area contributed by atoms with E-state index in [0.29, 0.717) is 0 Å². The van der Waals surface area contributed by atoms with Crippen LogP contribution in [0.5, 0.6) is 5.75 Å². The quantitative estimate of drug-likeness (QED) is 0.486. The fraction of sp³-hybridized carbons (Fsp3) is 0.500. The lowest BCUT2D eigenvalue weighted by molar-refractivity contribution is -0.386. The largest absolute Gasteiger partial charge is 0.490 e. The lowest BCUT2D eigenvalue weighted by atomic mass is 10.3. The zero-order valence-corrected chi connectivity index (χ0v) is 16.1. The van der Waals surface area contributed by atoms with Gasteiger partial charge in [-0.15, -0.1) is 0 Å². The summed E-state index contributed by atoms with van der Waals surface area (Å²) in [5, 5.41) is 11.1. The monoisotopic (exact) mass is 443 g/mol. The van der Waals surface area contributed by atoms with E-state index in [9.17, 15) is 36.5 Å². The number of thioether (sulfide) groups is 1. The van der Waals surface area contributed by atoms with Crippen LogP contribution >= 0.6 is 11.8 Å². The van der Waals surface area contributed by atoms with Gasteiger partial charge in [0, 0.05) is 32.2 Å². The van der Waals surface area contributed by atoms with Crippen LogP contribution in [0.3, 0.4) is 0 Å². The lowest BCUT2D eigenvalue weighted by Crippen LogP contribution is -2.51. The number of ether oxygens (including phenoxy) is 1. The number of nitro benzene ring substituents is 1. The van der Waals surface area contributed by atoms with Crippen LogP contribution in [0.2, 0.25) is 0 Å². The van der Waals surface area contributed by atoms with E-state index in [1.165, 1.54) is 19.2 Å². The predicted molar refractivity (Wildman–Crippen MR) is 93.5 cm³/mol. The summed E-state index contributed by atoms with van der Waals surface area (Å²) in [5.74, 6) is -1.61. The van der Waals surface area contributed by atoms with Crippen LogP contribution < -0.4 is 4.74 Å². The molecule has 28 heavy (non-hydrogen) atoms. The normalized spacial score (nSPS) is 16.1. The molecule has 0 bridgehead atoms. The first-order valence-electron chi connectivity index (χ1n) is 7.77. The van der Waals surface area contributed by atoms with Crippen molar-refractivity contribution in [2.45, 2.75) is 10.4 Å². The molecule has 1 aromatic rings. The molecule has 0 unspecified atom stereocenters. The van der Waals surface area contributed by atoms with Crippen LogP contribution in [-0.4, -0.2) is 73.0 Å². The van der Waals surface area contributed by atoms with Gasteiger partial charge in [-0.3, -0.25) is 14.9 Å². The Hall–Kier alpha value is -2.06. The average molecular weight is 443 g/mol. The van der Waals surface area contributed by atoms with E-state index < -0.39 is 49.6 Å². The molecule has 0 atom stereocenters. The van der Waals surface area contributed by atoms with Crippen LogP contribution in [0.25, 0.3) is 0 Å². The maximum atomic E-state index is 12.7. The van der Waals surface area contributed by atoms with E-state index in [1.807, 2.05) is 0 Å². The van der Waals surface area contributed by atoms with Crippen molar-refractivity contribution >= 4 is 33.4 Å². The Morgan fingerprint density at radius 2 is 1.89 bits per heavy atom. The minimum Gasteiger partial charge on any atom is -0.490 e. The second-order valence-electron chi connectivity index (χ2n) is 5.61. The highest BCUT2D eigenvalue weighted by molar-refractivity contribution is 8.00. The number of alkyl halides is 3. The van der Waals surface area contributed by atoms with Gasteiger partial charge in [0.05, 0.1) is 22.7 Å². The Morgan fingerprint density at radius 1 is 1.29 bits per heavy atom. The zero-order chi connectivity index (χ0) is 21.1. The number of hydrogen-bond donors (Lipinski definition) is 0. The van der Waals surface area contributed by atoms with Gasteiger partial charge in [-0.2, -0.15) is 17.5 Å². The molecule has 156 valence electrons. The van der Waals surface area contributed by atoms with Crippen LogP contribution in [0.15, 0.2) is 23.1 Å². The summed E-state index contributed by atoms with van der Waals surface area (Å²) in [6.45, 7) is -0.418. The van der Waals surface area contributed by atoms with Gasteiger partial charge in [-0.1, -0.05) is 0 Å². The third-order valence-electron chi connectivity index (χ3n) is 3.94. The zero-order valence-electron chi connectivity index (χ0n) is 14.5. The molecule has 1 saturated heterocycles. The number of nitro groups is 1. The van der Waals surface area contributed by atoms with Gasteiger partial charge in [-0.25, -0.2) is 8.42 Å². The molecular formula is C14H16F3N3O6S2. The summed E-state index contributed by atoms with van der Waals surface area (Å²) in [6, 6.07) is 3.21. The number of piperazine rings is 1. The Kier molecular flexibility index (Phi) is 6.77. The number of carbonyl (C=O) groups is 1. The third-order valence-corrected chi connectivity index (χ3v) is 6.55. The lowest BCUT2D eigenvalue weighted by Gasteiger charge is -2.34. The molecule has 1 heterocycles. The fourth-order valence-electron chi connectivity index (χ4n) is 2.53. The summed E-state index contributed by atoms with van der Waals surface area (Å²) in [7, 11) is -2.87. The van der Waals surface area contributed by atoms with Crippen molar-refractivity contribution in [1.29, 1.82) is 0 Å². The molecule has 0 radical (unpaired) electrons. The molecule has 9 nitrogen and oxygen atoms in total. The second-order valence-corrected chi connectivity index (χ2v) is 8.59. The molecule has 1 fully saturated rings. The number of hydrogen-bond acceptors (Lipinski definition) is 7. The highest BCUT2D eigenvalue weighted by atomic mass is 32.2. The Balaban J connectivity index is 2.08. The van der Waals surface area contributed by atoms with E-state index in [0.717, 1.165) is 15.3 Å². The van der Waals surface area contributed by atoms with Gasteiger partial charge >= 0.3 is 11.2 Å². The molecule has 0 saturated carbocycles. The molecule has 1 amide bonds. The van der Waals surface area contributed by atoms with E-state index >= 15 is 0 Å². The standard InChI is InChI=1S/C14H16F3N3O6S2/c1-26-12-3-2-10(8-11(12)20(22)23)28(24,25)19-6-4-18(5-7-19)13(21)9-27-14(15,16)17/h2-3,8H,4-7,9H2,1H3. The summed E-state index contributed by atoms with van der Waals surface area (Å²) in [6.07, 6.45) is 0. The van der Waals surface area contributed by atoms with Crippen molar-refractivity contribution in [3.8, 4) is 5.75 Å². The van der Waals surface area contributed by atoms with Crippen molar-refractivity contribution in [3.05, 3.63) is 28.3 Å². The summed E-state index contributed by atoms with van der Waals surface area (Å²) in [4.78, 5) is 23.0. The van der Waals surface area contributed by atoms with Crippen LogP contribution in [0.4, 0.5) is 18.9 Å². The van der Waals surface area contributed by atoms with E-state index in [4.69, 9.17) is 4.74 Å². The van der Waals surface area contributed by atoms with E-state index in [1.54, 1.807) is 0 Å². The van der Waals surface area contributed by atoms with Gasteiger partial charge in [0.1, 0.15) is 0 Å². The van der Waals surface area contributed by atoms with Crippen LogP contribution in [0.1, 0.15) is 0 Å². The molecule has 1 aliphatic rings. The molecule has 2 rings (SSSR count). The van der Waals surface area contributed by atoms with Gasteiger partial charge in [-0.05, 0) is 23.9 Å². The fourth-order valence-corrected chi connectivity index (χ4v) is 4.45. The SMILES string of the molecule is COc1ccc(S(=O)(=O)N2CCN(C(=O)CSC(F)(F)F)CC2)cc1[N+](=O)[O-]. The van der Waals surface area contributed by atoms with Crippen molar-refractivity contribution < 1.29 is 36.0 Å². The summed E-state index contributed by atoms with van der Waals surface area (Å²) < 4.78 is 67.8. The van der Waals surface area contributed by atoms with Gasteiger partial charge in [0.25, 0.3) is 0 Å². The number of sulfonamides is 1. The molecule has 14 heteroatoms. The smallest absolute Gasteiger partial charge is 0.442 e. The average Bonchev–Trinajstić information content (AvgIpc) is 2.64. The molecule has 1 aromatic carbocycles. The van der Waals surface area contributed by atoms with Crippen LogP contribution in [-0.2, 0) is 14.8 Å². The number of methoxy groups -OCH3 is 1. The molecule has 0 aromatic heterocycles. The molecular weight excluding hydrogens is 427 g/mol. The first-order chi connectivity index (χ1) is 13.0. The Labute approximate surface area is 162 Å². The Bertz CT molecular complexity index is 854. The minimum atomic E-state index is -4.52. The number of rotatable bonds is 6. The van der Waals surface area contributed by atoms with Gasteiger partial charge in [0.15, 0.2) is 5.75 Å². The molecule has 0 aliphatic carbocycles. The topological polar surface area (TPSA) is 110 Å². The first-order valence-corrected chi connectivity index (χ1v) is 10.2. The number of halogens is 3. The number of benzene rings is 1. The van der Waals surface area contributed by atoms with E-state index in [-0.39, 0.29) is 36.8 Å². The van der Waals surface area contributed by atoms with Crippen molar-refractivity contribution in [2.24, 2.45) is 0 Å². The van der Waals surface area contributed by atoms with E-state index in [2.05, 4.69) is 0 Å². The summed E-state index contributed by atoms with van der Waals surface area (Å²) >= 11 is -0.452. The number of carbonyl (C=O) groups excluding carboxylic acids is 1. The predicted octanol–water partition coefficient (Wildman–Crippen LogP) is 1.69. The minimum absolute atomic E-state index is 0.0747. The maximum Gasteiger partial charge on any atom is 0.442 e. The van der Waals surface area contributed by atoms with Gasteiger partial charge in [0.2, 0.25) is 15.9 Å². The molecule has 0 spiro atoms. The number of amides is 1. The second kappa shape index (κ2) is 8.53. The van der Waals surface area contributed by atoms with Crippen molar-refractivity contribution in [2.75, 3.05) is 39.0 Å². The number of nitrogens with zero attached hydrogens (tertiary/aromatic N) is 3. The highest BCUT2D eigenvalue weighted by Gasteiger charge is 2.34. The van der Waals surface area contributed by atoms with Gasteiger partial charge < -0.3 is 9.64 Å². The molecule has 1 aliphatic heterocycles. The highest BCUT2D eigenvalue weighted by Crippen LogP contribution is 2.32. The third kappa shape index (κ3) is 5.26. The van der Waals surface area contributed by atoms with Crippen LogP contribution in [0, 0.1) is 10.1 Å². The summed E-state index contributed by atoms with van der Waals surface area (Å²) in [5.41, 5.74) is -5.04. The van der Waals surface area contributed by atoms with Crippen molar-refractivity contribution in [1.82, 2.24) is 9.21 Å². The Morgan fingerprint density at radius 3 is 2.39 bits per heavy atom.